The Morgan fingerprint density at radius 2 is 1.19 bits per heavy atom. The Morgan fingerprint density at radius 1 is 0.812 bits per heavy atom. The van der Waals surface area contributed by atoms with E-state index in [2.05, 4.69) is 0 Å². The predicted molar refractivity (Wildman–Crippen MR) is 57.5 cm³/mol. The van der Waals surface area contributed by atoms with E-state index in [1.807, 2.05) is 0 Å². The number of hydrogen-bond donors (Lipinski definition) is 0. The molecule has 0 aliphatic heterocycles. The number of alkyl halides is 1. The van der Waals surface area contributed by atoms with E-state index in [-0.39, 0.29) is 31.3 Å². The van der Waals surface area contributed by atoms with Crippen molar-refractivity contribution in [3.63, 3.8) is 0 Å². The Hall–Kier alpha value is 0.437. The standard InChI is InChI=1S/C10H21FO3S.Li/c11-9-7-5-3-1-2-4-6-8-10-15(12,13)14;/h1-10H2,(H,12,13,14);/q;+1/p-1. The van der Waals surface area contributed by atoms with Crippen molar-refractivity contribution in [2.75, 3.05) is 12.4 Å². The minimum Gasteiger partial charge on any atom is -0.748 e. The van der Waals surface area contributed by atoms with E-state index in [1.54, 1.807) is 0 Å². The monoisotopic (exact) mass is 246 g/mol. The van der Waals surface area contributed by atoms with E-state index in [0.29, 0.717) is 12.8 Å². The number of unbranched alkanes of at least 4 members (excludes halogenated alkanes) is 7. The van der Waals surface area contributed by atoms with E-state index in [4.69, 9.17) is 0 Å². The summed E-state index contributed by atoms with van der Waals surface area (Å²) >= 11 is 0. The van der Waals surface area contributed by atoms with Crippen molar-refractivity contribution in [3.05, 3.63) is 0 Å². The molecular weight excluding hydrogens is 226 g/mol. The molecule has 92 valence electrons. The molecule has 0 unspecified atom stereocenters. The summed E-state index contributed by atoms with van der Waals surface area (Å²) in [5, 5.41) is 0. The molecule has 6 heteroatoms. The molecule has 0 N–H and O–H groups in total. The van der Waals surface area contributed by atoms with Crippen molar-refractivity contribution in [2.45, 2.75) is 51.4 Å². The summed E-state index contributed by atoms with van der Waals surface area (Å²) in [5.41, 5.74) is 0. The fourth-order valence-electron chi connectivity index (χ4n) is 1.43. The van der Waals surface area contributed by atoms with Crippen LogP contribution in [-0.4, -0.2) is 25.4 Å². The summed E-state index contributed by atoms with van der Waals surface area (Å²) in [5.74, 6) is -0.241. The molecule has 0 bridgehead atoms. The summed E-state index contributed by atoms with van der Waals surface area (Å²) < 4.78 is 42.4. The molecule has 0 amide bonds. The molecule has 0 atom stereocenters. The Balaban J connectivity index is 0. The summed E-state index contributed by atoms with van der Waals surface area (Å²) in [4.78, 5) is 0. The van der Waals surface area contributed by atoms with Crippen LogP contribution in [0.2, 0.25) is 0 Å². The van der Waals surface area contributed by atoms with Gasteiger partial charge in [-0.1, -0.05) is 38.5 Å². The van der Waals surface area contributed by atoms with Gasteiger partial charge in [-0.25, -0.2) is 8.42 Å². The van der Waals surface area contributed by atoms with E-state index >= 15 is 0 Å². The third-order valence-corrected chi connectivity index (χ3v) is 3.07. The topological polar surface area (TPSA) is 57.2 Å². The van der Waals surface area contributed by atoms with Crippen LogP contribution in [-0.2, 0) is 10.1 Å². The molecule has 16 heavy (non-hydrogen) atoms. The summed E-state index contributed by atoms with van der Waals surface area (Å²) in [6.07, 6.45) is 6.98. The van der Waals surface area contributed by atoms with Crippen molar-refractivity contribution < 1.29 is 36.2 Å². The molecule has 0 spiro atoms. The van der Waals surface area contributed by atoms with Gasteiger partial charge in [0.2, 0.25) is 0 Å². The zero-order chi connectivity index (χ0) is 11.6. The minimum absolute atomic E-state index is 0. The number of rotatable bonds is 10. The Kier molecular flexibility index (Phi) is 14.0. The normalized spacial score (nSPS) is 11.1. The predicted octanol–water partition coefficient (Wildman–Crippen LogP) is -0.374. The molecule has 0 aliphatic rings. The number of halogens is 1. The van der Waals surface area contributed by atoms with Gasteiger partial charge in [-0.2, -0.15) is 0 Å². The third kappa shape index (κ3) is 16.9. The Morgan fingerprint density at radius 3 is 1.56 bits per heavy atom. The van der Waals surface area contributed by atoms with Gasteiger partial charge in [0.1, 0.15) is 0 Å². The van der Waals surface area contributed by atoms with Crippen molar-refractivity contribution >= 4 is 10.1 Å². The SMILES string of the molecule is O=S(=O)([O-])CCCCCCCCCCF.[Li+]. The quantitative estimate of drug-likeness (QED) is 0.300. The average molecular weight is 246 g/mol. The van der Waals surface area contributed by atoms with Gasteiger partial charge in [-0.05, 0) is 12.8 Å². The zero-order valence-electron chi connectivity index (χ0n) is 10.1. The molecule has 0 rings (SSSR count). The molecule has 0 saturated heterocycles. The van der Waals surface area contributed by atoms with Crippen LogP contribution < -0.4 is 18.9 Å². The molecule has 0 aliphatic carbocycles. The largest absolute Gasteiger partial charge is 1.00 e. The van der Waals surface area contributed by atoms with Crippen LogP contribution in [0.1, 0.15) is 51.4 Å². The van der Waals surface area contributed by atoms with Gasteiger partial charge in [-0.3, -0.25) is 4.39 Å². The fraction of sp³-hybridized carbons (Fsp3) is 1.00. The maximum absolute atomic E-state index is 11.7. The molecule has 0 aromatic heterocycles. The molecule has 0 aromatic rings. The van der Waals surface area contributed by atoms with Crippen LogP contribution in [0.3, 0.4) is 0 Å². The second-order valence-electron chi connectivity index (χ2n) is 3.78. The van der Waals surface area contributed by atoms with Gasteiger partial charge >= 0.3 is 18.9 Å². The van der Waals surface area contributed by atoms with Gasteiger partial charge in [0.25, 0.3) is 0 Å². The molecule has 0 aromatic carbocycles. The molecule has 0 radical (unpaired) electrons. The maximum Gasteiger partial charge on any atom is 1.00 e. The second-order valence-corrected chi connectivity index (χ2v) is 5.30. The zero-order valence-corrected chi connectivity index (χ0v) is 10.9. The Labute approximate surface area is 110 Å². The van der Waals surface area contributed by atoms with Crippen LogP contribution in [0.15, 0.2) is 0 Å². The third-order valence-electron chi connectivity index (χ3n) is 2.28. The van der Waals surface area contributed by atoms with Crippen molar-refractivity contribution in [1.29, 1.82) is 0 Å². The van der Waals surface area contributed by atoms with Crippen molar-refractivity contribution in [3.8, 4) is 0 Å². The van der Waals surface area contributed by atoms with E-state index < -0.39 is 10.1 Å². The average Bonchev–Trinajstić information content (AvgIpc) is 2.14. The first-order valence-corrected chi connectivity index (χ1v) is 7.13. The smallest absolute Gasteiger partial charge is 0.748 e. The van der Waals surface area contributed by atoms with Gasteiger partial charge < -0.3 is 4.55 Å². The van der Waals surface area contributed by atoms with Crippen molar-refractivity contribution in [1.82, 2.24) is 0 Å². The second kappa shape index (κ2) is 11.9. The fourth-order valence-corrected chi connectivity index (χ4v) is 1.99. The first kappa shape index (κ1) is 18.8. The molecule has 3 nitrogen and oxygen atoms in total. The van der Waals surface area contributed by atoms with Crippen LogP contribution >= 0.6 is 0 Å². The van der Waals surface area contributed by atoms with Gasteiger partial charge in [0.05, 0.1) is 16.8 Å². The van der Waals surface area contributed by atoms with E-state index in [0.717, 1.165) is 38.5 Å². The van der Waals surface area contributed by atoms with Crippen molar-refractivity contribution in [2.24, 2.45) is 0 Å². The van der Waals surface area contributed by atoms with Crippen LogP contribution in [0, 0.1) is 0 Å². The Bertz CT molecular complexity index is 232. The maximum atomic E-state index is 11.7. The minimum atomic E-state index is -4.02. The van der Waals surface area contributed by atoms with Crippen LogP contribution in [0.5, 0.6) is 0 Å². The van der Waals surface area contributed by atoms with E-state index in [9.17, 15) is 17.4 Å². The van der Waals surface area contributed by atoms with Crippen LogP contribution in [0.4, 0.5) is 4.39 Å². The van der Waals surface area contributed by atoms with E-state index in [1.165, 1.54) is 0 Å². The molecule has 0 heterocycles. The first-order valence-electron chi connectivity index (χ1n) is 5.56. The van der Waals surface area contributed by atoms with Crippen LogP contribution in [0.25, 0.3) is 0 Å². The van der Waals surface area contributed by atoms with Gasteiger partial charge in [0, 0.05) is 5.75 Å². The molecular formula is C10H20FLiO3S. The van der Waals surface area contributed by atoms with Gasteiger partial charge in [0.15, 0.2) is 0 Å². The summed E-state index contributed by atoms with van der Waals surface area (Å²) in [6, 6.07) is 0. The molecule has 0 saturated carbocycles. The number of hydrogen-bond acceptors (Lipinski definition) is 3. The molecule has 0 fully saturated rings. The van der Waals surface area contributed by atoms with Gasteiger partial charge in [-0.15, -0.1) is 0 Å². The first-order chi connectivity index (χ1) is 7.06. The summed E-state index contributed by atoms with van der Waals surface area (Å²) in [7, 11) is -4.02. The summed E-state index contributed by atoms with van der Waals surface area (Å²) in [6.45, 7) is -0.235.